The van der Waals surface area contributed by atoms with Gasteiger partial charge in [0.15, 0.2) is 11.9 Å². The van der Waals surface area contributed by atoms with Crippen LogP contribution in [0.3, 0.4) is 0 Å². The molecule has 0 bridgehead atoms. The summed E-state index contributed by atoms with van der Waals surface area (Å²) < 4.78 is 24.4. The van der Waals surface area contributed by atoms with Crippen LogP contribution in [0.5, 0.6) is 0 Å². The van der Waals surface area contributed by atoms with Crippen molar-refractivity contribution in [1.29, 1.82) is 0 Å². The molecule has 204 valence electrons. The molecule has 3 heterocycles. The van der Waals surface area contributed by atoms with E-state index in [-0.39, 0.29) is 22.5 Å². The number of hydrogen-bond acceptors (Lipinski definition) is 10. The van der Waals surface area contributed by atoms with E-state index < -0.39 is 50.4 Å². The second kappa shape index (κ2) is 10.9. The third kappa shape index (κ3) is 5.47. The Morgan fingerprint density at radius 1 is 1.18 bits per heavy atom. The molecule has 1 aromatic carbocycles. The number of carbonyl (C=O) groups is 1. The van der Waals surface area contributed by atoms with Crippen LogP contribution in [0, 0.1) is 0 Å². The largest absolute Gasteiger partial charge is 0.387 e. The van der Waals surface area contributed by atoms with E-state index in [1.807, 2.05) is 0 Å². The second-order valence-electron chi connectivity index (χ2n) is 9.34. The fraction of sp³-hybridized carbons (Fsp3) is 0.478. The van der Waals surface area contributed by atoms with Crippen LogP contribution in [0.2, 0.25) is 5.28 Å². The van der Waals surface area contributed by atoms with Gasteiger partial charge in [-0.2, -0.15) is 15.1 Å². The molecule has 13 nitrogen and oxygen atoms in total. The van der Waals surface area contributed by atoms with Crippen LogP contribution in [0.4, 0.5) is 5.82 Å². The lowest BCUT2D eigenvalue weighted by Gasteiger charge is -2.21. The number of benzene rings is 1. The van der Waals surface area contributed by atoms with Crippen LogP contribution in [0.1, 0.15) is 42.3 Å². The number of carbonyl (C=O) groups excluding carboxylic acids is 1. The molecule has 3 aromatic rings. The van der Waals surface area contributed by atoms with Gasteiger partial charge in [0.2, 0.25) is 16.9 Å². The van der Waals surface area contributed by atoms with Gasteiger partial charge in [0.25, 0.3) is 0 Å². The lowest BCUT2D eigenvalue weighted by Crippen LogP contribution is -2.36. The minimum Gasteiger partial charge on any atom is -0.387 e. The number of aliphatic hydroxyl groups is 2. The van der Waals surface area contributed by atoms with Gasteiger partial charge in [-0.05, 0) is 24.4 Å². The lowest BCUT2D eigenvalue weighted by molar-refractivity contribution is -0.0725. The molecule has 0 radical (unpaired) electrons. The number of nitrogens with one attached hydrogen (secondary N) is 1. The fourth-order valence-electron chi connectivity index (χ4n) is 4.78. The van der Waals surface area contributed by atoms with Crippen molar-refractivity contribution < 1.29 is 38.8 Å². The van der Waals surface area contributed by atoms with E-state index in [9.17, 15) is 29.4 Å². The van der Waals surface area contributed by atoms with Crippen molar-refractivity contribution in [2.24, 2.45) is 0 Å². The molecule has 5 rings (SSSR count). The number of halogens is 1. The van der Waals surface area contributed by atoms with Crippen molar-refractivity contribution in [2.45, 2.75) is 62.1 Å². The summed E-state index contributed by atoms with van der Waals surface area (Å²) in [7, 11) is -5.04. The Balaban J connectivity index is 1.34. The van der Waals surface area contributed by atoms with Crippen LogP contribution in [-0.2, 0) is 14.0 Å². The minimum atomic E-state index is -5.04. The van der Waals surface area contributed by atoms with Gasteiger partial charge in [-0.3, -0.25) is 9.36 Å². The highest BCUT2D eigenvalue weighted by atomic mass is 35.5. The van der Waals surface area contributed by atoms with Gasteiger partial charge in [0.05, 0.1) is 18.2 Å². The molecule has 2 aliphatic rings. The highest BCUT2D eigenvalue weighted by Gasteiger charge is 2.47. The maximum Gasteiger partial charge on any atom is 0.362 e. The smallest absolute Gasteiger partial charge is 0.362 e. The van der Waals surface area contributed by atoms with Gasteiger partial charge in [0, 0.05) is 11.6 Å². The van der Waals surface area contributed by atoms with Crippen molar-refractivity contribution in [3.63, 3.8) is 0 Å². The van der Waals surface area contributed by atoms with Crippen molar-refractivity contribution in [3.05, 3.63) is 47.4 Å². The maximum absolute atomic E-state index is 12.7. The second-order valence-corrected chi connectivity index (χ2v) is 11.3. The van der Waals surface area contributed by atoms with Crippen LogP contribution in [-0.4, -0.2) is 82.3 Å². The van der Waals surface area contributed by atoms with Crippen LogP contribution in [0.25, 0.3) is 11.0 Å². The summed E-state index contributed by atoms with van der Waals surface area (Å²) in [6.07, 6.45) is 0.250. The van der Waals surface area contributed by atoms with E-state index in [2.05, 4.69) is 20.4 Å². The molecule has 1 saturated heterocycles. The molecule has 0 amide bonds. The molecule has 5 N–H and O–H groups in total. The molecule has 1 aliphatic heterocycles. The van der Waals surface area contributed by atoms with Crippen LogP contribution in [0.15, 0.2) is 36.5 Å². The van der Waals surface area contributed by atoms with Gasteiger partial charge >= 0.3 is 7.60 Å². The molecule has 2 fully saturated rings. The molecular weight excluding hydrogens is 541 g/mol. The topological polar surface area (TPSA) is 189 Å². The van der Waals surface area contributed by atoms with Gasteiger partial charge < -0.3 is 34.8 Å². The normalized spacial score (nSPS) is 25.2. The standard InChI is InChI=1S/C23H27ClN5O8P/c24-23-27-19(26-13-8-4-5-9-13)14-10-25-29(20(14)28-23)21-18(32)17(31)15(37-21)11-36-22(38(33,34)35)16(30)12-6-2-1-3-7-12/h1-3,6-7,10,13,15,17-18,21-22,31-32H,4-5,8-9,11H2,(H,26,27,28)(H2,33,34,35)/t15-,17-,18-,21-,22?/m1/s1. The molecule has 1 saturated carbocycles. The van der Waals surface area contributed by atoms with E-state index in [1.54, 1.807) is 18.2 Å². The van der Waals surface area contributed by atoms with E-state index in [1.165, 1.54) is 23.0 Å². The summed E-state index contributed by atoms with van der Waals surface area (Å²) in [5.41, 5.74) is 0.309. The summed E-state index contributed by atoms with van der Waals surface area (Å²) in [6, 6.07) is 7.80. The van der Waals surface area contributed by atoms with Crippen molar-refractivity contribution >= 4 is 41.8 Å². The zero-order chi connectivity index (χ0) is 27.0. The highest BCUT2D eigenvalue weighted by Crippen LogP contribution is 2.44. The lowest BCUT2D eigenvalue weighted by atomic mass is 10.1. The van der Waals surface area contributed by atoms with Crippen LogP contribution >= 0.6 is 19.2 Å². The zero-order valence-electron chi connectivity index (χ0n) is 20.0. The summed E-state index contributed by atoms with van der Waals surface area (Å²) >= 11 is 6.16. The molecule has 1 aliphatic carbocycles. The molecule has 15 heteroatoms. The van der Waals surface area contributed by atoms with Crippen LogP contribution < -0.4 is 5.32 Å². The minimum absolute atomic E-state index is 0.0448. The summed E-state index contributed by atoms with van der Waals surface area (Å²) in [6.45, 7) is -0.591. The molecule has 2 aromatic heterocycles. The Hall–Kier alpha value is -2.48. The summed E-state index contributed by atoms with van der Waals surface area (Å²) in [5.74, 6) is -2.54. The number of ether oxygens (including phenoxy) is 2. The SMILES string of the molecule is O=C(c1ccccc1)C(OC[C@H]1O[C@@H](n2ncc3c(NC4CCCC4)nc(Cl)nc32)[C@H](O)[C@@H]1O)P(=O)(O)O. The molecule has 38 heavy (non-hydrogen) atoms. The van der Waals surface area contributed by atoms with Gasteiger partial charge in [-0.15, -0.1) is 0 Å². The first-order valence-corrected chi connectivity index (χ1v) is 14.1. The molecule has 0 spiro atoms. The zero-order valence-corrected chi connectivity index (χ0v) is 21.6. The number of anilines is 1. The first-order chi connectivity index (χ1) is 18.1. The Bertz CT molecular complexity index is 1350. The van der Waals surface area contributed by atoms with E-state index >= 15 is 0 Å². The van der Waals surface area contributed by atoms with Crippen molar-refractivity contribution in [1.82, 2.24) is 19.7 Å². The van der Waals surface area contributed by atoms with E-state index in [0.29, 0.717) is 11.2 Å². The quantitative estimate of drug-likeness (QED) is 0.143. The Kier molecular flexibility index (Phi) is 7.81. The first kappa shape index (κ1) is 27.1. The van der Waals surface area contributed by atoms with Gasteiger partial charge in [0.1, 0.15) is 24.1 Å². The number of nitrogens with zero attached hydrogens (tertiary/aromatic N) is 4. The predicted octanol–water partition coefficient (Wildman–Crippen LogP) is 1.86. The highest BCUT2D eigenvalue weighted by molar-refractivity contribution is 7.53. The Labute approximate surface area is 221 Å². The number of Topliss-reactive ketones (excluding diaryl/α,β-unsaturated/α-hetero) is 1. The number of rotatable bonds is 9. The van der Waals surface area contributed by atoms with Crippen molar-refractivity contribution in [3.8, 4) is 0 Å². The first-order valence-electron chi connectivity index (χ1n) is 12.1. The summed E-state index contributed by atoms with van der Waals surface area (Å²) in [5, 5.41) is 29.5. The number of ketones is 1. The summed E-state index contributed by atoms with van der Waals surface area (Å²) in [4.78, 5) is 40.7. The van der Waals surface area contributed by atoms with E-state index in [0.717, 1.165) is 25.7 Å². The maximum atomic E-state index is 12.7. The number of hydrogen-bond donors (Lipinski definition) is 5. The number of fused-ring (bicyclic) bond motifs is 1. The predicted molar refractivity (Wildman–Crippen MR) is 135 cm³/mol. The van der Waals surface area contributed by atoms with Crippen molar-refractivity contribution in [2.75, 3.05) is 11.9 Å². The Morgan fingerprint density at radius 2 is 1.89 bits per heavy atom. The third-order valence-electron chi connectivity index (χ3n) is 6.71. The average molecular weight is 568 g/mol. The average Bonchev–Trinajstić information content (AvgIpc) is 3.60. The number of aromatic nitrogens is 4. The third-order valence-corrected chi connectivity index (χ3v) is 7.87. The monoisotopic (exact) mass is 567 g/mol. The van der Waals surface area contributed by atoms with Gasteiger partial charge in [-0.25, -0.2) is 4.68 Å². The molecular formula is C23H27ClN5O8P. The number of aliphatic hydroxyl groups excluding tert-OH is 2. The Morgan fingerprint density at radius 3 is 2.58 bits per heavy atom. The fourth-order valence-corrected chi connectivity index (χ4v) is 5.68. The molecule has 1 unspecified atom stereocenters. The van der Waals surface area contributed by atoms with E-state index in [4.69, 9.17) is 21.1 Å². The van der Waals surface area contributed by atoms with Gasteiger partial charge in [-0.1, -0.05) is 43.2 Å². The molecule has 5 atom stereocenters.